The van der Waals surface area contributed by atoms with Crippen molar-refractivity contribution in [2.45, 2.75) is 25.7 Å². The van der Waals surface area contributed by atoms with Crippen LogP contribution in [0, 0.1) is 0 Å². The Bertz CT molecular complexity index is 464. The Hall–Kier alpha value is -1.96. The Kier molecular flexibility index (Phi) is 4.24. The second kappa shape index (κ2) is 6.10. The zero-order valence-corrected chi connectivity index (χ0v) is 10.3. The van der Waals surface area contributed by atoms with E-state index in [1.165, 1.54) is 43.9 Å². The maximum atomic E-state index is 8.65. The van der Waals surface area contributed by atoms with Gasteiger partial charge in [-0.2, -0.15) is 0 Å². The van der Waals surface area contributed by atoms with E-state index in [-0.39, 0.29) is 11.5 Å². The fourth-order valence-corrected chi connectivity index (χ4v) is 2.17. The van der Waals surface area contributed by atoms with Gasteiger partial charge in [0.2, 0.25) is 0 Å². The van der Waals surface area contributed by atoms with Gasteiger partial charge < -0.3 is 10.2 Å². The molecule has 0 saturated carbocycles. The van der Waals surface area contributed by atoms with E-state index >= 15 is 0 Å². The zero-order chi connectivity index (χ0) is 12.8. The molecule has 1 aliphatic carbocycles. The first-order valence-electron chi connectivity index (χ1n) is 6.30. The first-order chi connectivity index (χ1) is 8.75. The van der Waals surface area contributed by atoms with Crippen molar-refractivity contribution in [2.75, 3.05) is 0 Å². The van der Waals surface area contributed by atoms with Crippen molar-refractivity contribution >= 4 is 0 Å². The number of hydrogen-bond acceptors (Lipinski definition) is 2. The lowest BCUT2D eigenvalue weighted by atomic mass is 9.92. The van der Waals surface area contributed by atoms with E-state index in [2.05, 4.69) is 24.3 Å². The van der Waals surface area contributed by atoms with Gasteiger partial charge in [0.1, 0.15) is 11.5 Å². The van der Waals surface area contributed by atoms with Crippen LogP contribution in [-0.4, -0.2) is 10.2 Å². The largest absolute Gasteiger partial charge is 0.508 e. The Morgan fingerprint density at radius 1 is 0.667 bits per heavy atom. The average molecular weight is 242 g/mol. The molecule has 0 spiro atoms. The lowest BCUT2D eigenvalue weighted by Crippen LogP contribution is -2.00. The summed E-state index contributed by atoms with van der Waals surface area (Å²) < 4.78 is 0. The molecule has 2 N–H and O–H groups in total. The van der Waals surface area contributed by atoms with Gasteiger partial charge in [0.15, 0.2) is 0 Å². The maximum Gasteiger partial charge on any atom is 0.119 e. The molecule has 0 aliphatic heterocycles. The highest BCUT2D eigenvalue weighted by atomic mass is 16.3. The number of rotatable bonds is 0. The smallest absolute Gasteiger partial charge is 0.119 e. The number of aromatic hydroxyl groups is 2. The normalized spacial score (nSPS) is 13.1. The van der Waals surface area contributed by atoms with Crippen LogP contribution in [0.5, 0.6) is 11.5 Å². The first-order valence-corrected chi connectivity index (χ1v) is 6.30. The van der Waals surface area contributed by atoms with Crippen molar-refractivity contribution in [3.05, 3.63) is 59.7 Å². The molecule has 0 unspecified atom stereocenters. The fourth-order valence-electron chi connectivity index (χ4n) is 2.17. The third kappa shape index (κ3) is 3.52. The average Bonchev–Trinajstić information content (AvgIpc) is 2.39. The standard InChI is InChI=1S/C10H12.C6H6O2/c1-2-6-10-8-4-3-7-9(10)5-1;7-5-2-1-3-6(8)4-5/h1-2,5-6H,3-4,7-8H2;1-4,7-8H. The van der Waals surface area contributed by atoms with Gasteiger partial charge in [-0.1, -0.05) is 30.3 Å². The lowest BCUT2D eigenvalue weighted by molar-refractivity contribution is 0.450. The molecule has 2 heteroatoms. The molecule has 0 atom stereocenters. The second-order valence-electron chi connectivity index (χ2n) is 4.50. The van der Waals surface area contributed by atoms with E-state index in [9.17, 15) is 0 Å². The molecular formula is C16H18O2. The minimum absolute atomic E-state index is 0.0880. The van der Waals surface area contributed by atoms with Crippen LogP contribution < -0.4 is 0 Å². The Balaban J connectivity index is 0.000000138. The van der Waals surface area contributed by atoms with Crippen molar-refractivity contribution in [1.29, 1.82) is 0 Å². The van der Waals surface area contributed by atoms with Gasteiger partial charge in [0.25, 0.3) is 0 Å². The number of fused-ring (bicyclic) bond motifs is 1. The predicted molar refractivity (Wildman–Crippen MR) is 72.9 cm³/mol. The molecule has 0 radical (unpaired) electrons. The minimum Gasteiger partial charge on any atom is -0.508 e. The number of hydrogen-bond donors (Lipinski definition) is 2. The van der Waals surface area contributed by atoms with Gasteiger partial charge in [-0.15, -0.1) is 0 Å². The van der Waals surface area contributed by atoms with Gasteiger partial charge in [-0.05, 0) is 48.9 Å². The monoisotopic (exact) mass is 242 g/mol. The molecule has 0 aromatic heterocycles. The molecule has 0 heterocycles. The van der Waals surface area contributed by atoms with Crippen LogP contribution in [0.3, 0.4) is 0 Å². The van der Waals surface area contributed by atoms with Crippen LogP contribution in [0.15, 0.2) is 48.5 Å². The van der Waals surface area contributed by atoms with E-state index < -0.39 is 0 Å². The van der Waals surface area contributed by atoms with Gasteiger partial charge in [-0.3, -0.25) is 0 Å². The summed E-state index contributed by atoms with van der Waals surface area (Å²) in [5.41, 5.74) is 3.16. The summed E-state index contributed by atoms with van der Waals surface area (Å²) in [4.78, 5) is 0. The SMILES string of the molecule is Oc1cccc(O)c1.c1ccc2c(c1)CCCC2. The van der Waals surface area contributed by atoms with Gasteiger partial charge in [0.05, 0.1) is 0 Å². The van der Waals surface area contributed by atoms with E-state index in [1.807, 2.05) is 0 Å². The van der Waals surface area contributed by atoms with Crippen molar-refractivity contribution in [3.8, 4) is 11.5 Å². The van der Waals surface area contributed by atoms with Crippen molar-refractivity contribution in [2.24, 2.45) is 0 Å². The molecular weight excluding hydrogens is 224 g/mol. The molecule has 2 aromatic rings. The van der Waals surface area contributed by atoms with Crippen molar-refractivity contribution < 1.29 is 10.2 Å². The predicted octanol–water partition coefficient (Wildman–Crippen LogP) is 3.66. The lowest BCUT2D eigenvalue weighted by Gasteiger charge is -2.13. The Morgan fingerprint density at radius 3 is 1.56 bits per heavy atom. The summed E-state index contributed by atoms with van der Waals surface area (Å²) in [5.74, 6) is 0.176. The molecule has 2 nitrogen and oxygen atoms in total. The third-order valence-corrected chi connectivity index (χ3v) is 3.09. The van der Waals surface area contributed by atoms with E-state index in [0.29, 0.717) is 0 Å². The number of aryl methyl sites for hydroxylation is 2. The van der Waals surface area contributed by atoms with E-state index in [1.54, 1.807) is 17.2 Å². The van der Waals surface area contributed by atoms with Crippen LogP contribution in [0.1, 0.15) is 24.0 Å². The van der Waals surface area contributed by atoms with Crippen molar-refractivity contribution in [3.63, 3.8) is 0 Å². The van der Waals surface area contributed by atoms with Crippen molar-refractivity contribution in [1.82, 2.24) is 0 Å². The summed E-state index contributed by atoms with van der Waals surface area (Å²) in [6.07, 6.45) is 5.38. The molecule has 0 fully saturated rings. The molecule has 0 saturated heterocycles. The van der Waals surface area contributed by atoms with Crippen LogP contribution in [0.25, 0.3) is 0 Å². The van der Waals surface area contributed by atoms with Gasteiger partial charge >= 0.3 is 0 Å². The number of phenols is 2. The maximum absolute atomic E-state index is 8.65. The Morgan fingerprint density at radius 2 is 1.17 bits per heavy atom. The molecule has 0 bridgehead atoms. The highest BCUT2D eigenvalue weighted by Crippen LogP contribution is 2.19. The highest BCUT2D eigenvalue weighted by Gasteiger charge is 2.05. The highest BCUT2D eigenvalue weighted by molar-refractivity contribution is 5.30. The number of phenolic OH excluding ortho intramolecular Hbond substituents is 2. The molecule has 18 heavy (non-hydrogen) atoms. The van der Waals surface area contributed by atoms with E-state index in [4.69, 9.17) is 10.2 Å². The molecule has 1 aliphatic rings. The summed E-state index contributed by atoms with van der Waals surface area (Å²) in [6, 6.07) is 14.7. The van der Waals surface area contributed by atoms with Gasteiger partial charge in [0, 0.05) is 6.07 Å². The topological polar surface area (TPSA) is 40.5 Å². The summed E-state index contributed by atoms with van der Waals surface area (Å²) in [6.45, 7) is 0. The minimum atomic E-state index is 0.0880. The summed E-state index contributed by atoms with van der Waals surface area (Å²) >= 11 is 0. The quantitative estimate of drug-likeness (QED) is 0.740. The van der Waals surface area contributed by atoms with Crippen LogP contribution in [0.2, 0.25) is 0 Å². The van der Waals surface area contributed by atoms with Crippen LogP contribution in [0.4, 0.5) is 0 Å². The number of benzene rings is 2. The van der Waals surface area contributed by atoms with Crippen LogP contribution >= 0.6 is 0 Å². The third-order valence-electron chi connectivity index (χ3n) is 3.09. The second-order valence-corrected chi connectivity index (χ2v) is 4.50. The zero-order valence-electron chi connectivity index (χ0n) is 10.3. The Labute approximate surface area is 108 Å². The van der Waals surface area contributed by atoms with E-state index in [0.717, 1.165) is 0 Å². The first kappa shape index (κ1) is 12.5. The fraction of sp³-hybridized carbons (Fsp3) is 0.250. The van der Waals surface area contributed by atoms with Gasteiger partial charge in [-0.25, -0.2) is 0 Å². The summed E-state index contributed by atoms with van der Waals surface area (Å²) in [5, 5.41) is 17.3. The molecule has 2 aromatic carbocycles. The summed E-state index contributed by atoms with van der Waals surface area (Å²) in [7, 11) is 0. The molecule has 0 amide bonds. The van der Waals surface area contributed by atoms with Crippen LogP contribution in [-0.2, 0) is 12.8 Å². The molecule has 3 rings (SSSR count). The molecule has 94 valence electrons.